The molecular weight excluding hydrogens is 224 g/mol. The number of hydrogen-bond donors (Lipinski definition) is 2. The van der Waals surface area contributed by atoms with Crippen molar-refractivity contribution in [3.63, 3.8) is 0 Å². The highest BCUT2D eigenvalue weighted by Gasteiger charge is 2.29. The zero-order valence-electron chi connectivity index (χ0n) is 11.1. The molecule has 0 unspecified atom stereocenters. The van der Waals surface area contributed by atoms with E-state index >= 15 is 0 Å². The van der Waals surface area contributed by atoms with Crippen LogP contribution in [-0.2, 0) is 9.84 Å². The summed E-state index contributed by atoms with van der Waals surface area (Å²) >= 11 is 0. The van der Waals surface area contributed by atoms with Crippen molar-refractivity contribution >= 4 is 9.84 Å². The molecule has 0 radical (unpaired) electrons. The molecule has 0 saturated carbocycles. The molecule has 2 N–H and O–H groups in total. The lowest BCUT2D eigenvalue weighted by Gasteiger charge is -2.22. The van der Waals surface area contributed by atoms with Crippen LogP contribution in [0.25, 0.3) is 0 Å². The molecule has 0 heterocycles. The van der Waals surface area contributed by atoms with Crippen molar-refractivity contribution in [2.24, 2.45) is 0 Å². The zero-order valence-corrected chi connectivity index (χ0v) is 11.9. The summed E-state index contributed by atoms with van der Waals surface area (Å²) < 4.78 is 22.1. The van der Waals surface area contributed by atoms with Crippen LogP contribution in [0.2, 0.25) is 0 Å². The minimum Gasteiger partial charge on any atom is -0.315 e. The summed E-state index contributed by atoms with van der Waals surface area (Å²) in [4.78, 5) is 0. The maximum Gasteiger partial charge on any atom is 0.153 e. The smallest absolute Gasteiger partial charge is 0.153 e. The second kappa shape index (κ2) is 6.57. The Balaban J connectivity index is 3.67. The fraction of sp³-hybridized carbons (Fsp3) is 1.00. The first-order valence-corrected chi connectivity index (χ1v) is 7.69. The van der Waals surface area contributed by atoms with Crippen molar-refractivity contribution in [1.82, 2.24) is 10.6 Å². The van der Waals surface area contributed by atoms with E-state index in [9.17, 15) is 8.42 Å². The maximum absolute atomic E-state index is 11.4. The van der Waals surface area contributed by atoms with Crippen LogP contribution in [0, 0.1) is 0 Å². The van der Waals surface area contributed by atoms with E-state index in [1.165, 1.54) is 6.26 Å². The average Bonchev–Trinajstić information content (AvgIpc) is 2.08. The van der Waals surface area contributed by atoms with Crippen molar-refractivity contribution in [1.29, 1.82) is 0 Å². The highest BCUT2D eigenvalue weighted by Crippen LogP contribution is 2.13. The monoisotopic (exact) mass is 250 g/mol. The van der Waals surface area contributed by atoms with Crippen LogP contribution < -0.4 is 10.6 Å². The molecule has 0 aromatic heterocycles. The van der Waals surface area contributed by atoms with Gasteiger partial charge in [-0.15, -0.1) is 0 Å². The van der Waals surface area contributed by atoms with Crippen LogP contribution in [0.5, 0.6) is 0 Å². The van der Waals surface area contributed by atoms with Gasteiger partial charge < -0.3 is 10.6 Å². The van der Waals surface area contributed by atoms with E-state index in [0.29, 0.717) is 12.6 Å². The normalized spacial score (nSPS) is 13.4. The van der Waals surface area contributed by atoms with E-state index in [1.807, 2.05) is 0 Å². The molecule has 4 nitrogen and oxygen atoms in total. The Morgan fingerprint density at radius 1 is 1.19 bits per heavy atom. The third-order valence-electron chi connectivity index (χ3n) is 2.64. The van der Waals surface area contributed by atoms with Gasteiger partial charge in [-0.1, -0.05) is 13.8 Å². The summed E-state index contributed by atoms with van der Waals surface area (Å²) in [5.41, 5.74) is 0. The van der Waals surface area contributed by atoms with Gasteiger partial charge in [-0.2, -0.15) is 0 Å². The molecule has 0 aromatic rings. The number of nitrogens with one attached hydrogen (secondary N) is 2. The summed E-state index contributed by atoms with van der Waals surface area (Å²) in [6.07, 6.45) is 2.30. The molecule has 0 amide bonds. The number of hydrogen-bond acceptors (Lipinski definition) is 4. The van der Waals surface area contributed by atoms with Gasteiger partial charge in [-0.25, -0.2) is 8.42 Å². The fourth-order valence-corrected chi connectivity index (χ4v) is 1.49. The third kappa shape index (κ3) is 6.45. The standard InChI is InChI=1S/C11H26N2O2S/c1-10(2)13-8-6-7-12-9-11(3,4)16(5,14)15/h10,12-13H,6-9H2,1-5H3. The van der Waals surface area contributed by atoms with E-state index in [4.69, 9.17) is 0 Å². The Morgan fingerprint density at radius 3 is 2.19 bits per heavy atom. The summed E-state index contributed by atoms with van der Waals surface area (Å²) in [6.45, 7) is 10.0. The molecule has 0 aliphatic carbocycles. The van der Waals surface area contributed by atoms with Crippen molar-refractivity contribution in [2.75, 3.05) is 25.9 Å². The van der Waals surface area contributed by atoms with Crippen molar-refractivity contribution in [3.05, 3.63) is 0 Å². The van der Waals surface area contributed by atoms with E-state index in [0.717, 1.165) is 19.5 Å². The van der Waals surface area contributed by atoms with Crippen LogP contribution in [0.1, 0.15) is 34.1 Å². The lowest BCUT2D eigenvalue weighted by atomic mass is 10.2. The molecular formula is C11H26N2O2S. The van der Waals surface area contributed by atoms with Crippen LogP contribution in [0.4, 0.5) is 0 Å². The highest BCUT2D eigenvalue weighted by atomic mass is 32.2. The number of sulfone groups is 1. The van der Waals surface area contributed by atoms with Gasteiger partial charge >= 0.3 is 0 Å². The van der Waals surface area contributed by atoms with Crippen LogP contribution >= 0.6 is 0 Å². The lowest BCUT2D eigenvalue weighted by Crippen LogP contribution is -2.42. The SMILES string of the molecule is CC(C)NCCCNCC(C)(C)S(C)(=O)=O. The topological polar surface area (TPSA) is 58.2 Å². The molecule has 98 valence electrons. The Labute approximate surface area is 100 Å². The van der Waals surface area contributed by atoms with Gasteiger partial charge in [0.05, 0.1) is 4.75 Å². The lowest BCUT2D eigenvalue weighted by molar-refractivity contribution is 0.504. The second-order valence-corrected chi connectivity index (χ2v) is 7.82. The van der Waals surface area contributed by atoms with Gasteiger partial charge in [-0.05, 0) is 33.4 Å². The minimum absolute atomic E-state index is 0.507. The van der Waals surface area contributed by atoms with Crippen LogP contribution in [0.15, 0.2) is 0 Å². The van der Waals surface area contributed by atoms with Gasteiger partial charge in [0.1, 0.15) is 0 Å². The van der Waals surface area contributed by atoms with Crippen LogP contribution in [-0.4, -0.2) is 45.1 Å². The van der Waals surface area contributed by atoms with Gasteiger partial charge in [-0.3, -0.25) is 0 Å². The van der Waals surface area contributed by atoms with E-state index < -0.39 is 14.6 Å². The van der Waals surface area contributed by atoms with Gasteiger partial charge in [0.2, 0.25) is 0 Å². The third-order valence-corrected chi connectivity index (χ3v) is 4.79. The van der Waals surface area contributed by atoms with Gasteiger partial charge in [0, 0.05) is 18.8 Å². The van der Waals surface area contributed by atoms with Crippen molar-refractivity contribution in [3.8, 4) is 0 Å². The van der Waals surface area contributed by atoms with Crippen molar-refractivity contribution in [2.45, 2.75) is 44.9 Å². The Bertz CT molecular complexity index is 284. The molecule has 0 aromatic carbocycles. The predicted octanol–water partition coefficient (Wildman–Crippen LogP) is 0.787. The molecule has 0 saturated heterocycles. The summed E-state index contributed by atoms with van der Waals surface area (Å²) in [5.74, 6) is 0. The molecule has 0 atom stereocenters. The molecule has 0 fully saturated rings. The van der Waals surface area contributed by atoms with E-state index in [-0.39, 0.29) is 0 Å². The molecule has 5 heteroatoms. The molecule has 16 heavy (non-hydrogen) atoms. The first kappa shape index (κ1) is 15.9. The Hall–Kier alpha value is -0.130. The molecule has 0 rings (SSSR count). The predicted molar refractivity (Wildman–Crippen MR) is 69.5 cm³/mol. The highest BCUT2D eigenvalue weighted by molar-refractivity contribution is 7.92. The Kier molecular flexibility index (Phi) is 6.51. The largest absolute Gasteiger partial charge is 0.315 e. The second-order valence-electron chi connectivity index (χ2n) is 5.17. The summed E-state index contributed by atoms with van der Waals surface area (Å²) in [5, 5.41) is 6.50. The minimum atomic E-state index is -2.99. The maximum atomic E-state index is 11.4. The average molecular weight is 250 g/mol. The zero-order chi connectivity index (χ0) is 12.8. The fourth-order valence-electron chi connectivity index (χ4n) is 1.12. The summed E-state index contributed by atoms with van der Waals surface area (Å²) in [7, 11) is -2.99. The molecule has 0 spiro atoms. The van der Waals surface area contributed by atoms with Crippen molar-refractivity contribution < 1.29 is 8.42 Å². The van der Waals surface area contributed by atoms with Crippen LogP contribution in [0.3, 0.4) is 0 Å². The summed E-state index contributed by atoms with van der Waals surface area (Å²) in [6, 6.07) is 0.507. The quantitative estimate of drug-likeness (QED) is 0.625. The first-order valence-electron chi connectivity index (χ1n) is 5.80. The van der Waals surface area contributed by atoms with E-state index in [2.05, 4.69) is 24.5 Å². The molecule has 0 bridgehead atoms. The first-order chi connectivity index (χ1) is 7.17. The Morgan fingerprint density at radius 2 is 1.75 bits per heavy atom. The van der Waals surface area contributed by atoms with Gasteiger partial charge in [0.15, 0.2) is 9.84 Å². The number of rotatable bonds is 8. The molecule has 0 aliphatic rings. The van der Waals surface area contributed by atoms with E-state index in [1.54, 1.807) is 13.8 Å². The molecule has 0 aliphatic heterocycles. The van der Waals surface area contributed by atoms with Gasteiger partial charge in [0.25, 0.3) is 0 Å².